The lowest BCUT2D eigenvalue weighted by atomic mass is 10.1. The highest BCUT2D eigenvalue weighted by atomic mass is 79.9. The van der Waals surface area contributed by atoms with Crippen molar-refractivity contribution < 1.29 is 13.2 Å². The third-order valence-corrected chi connectivity index (χ3v) is 2.53. The minimum Gasteiger partial charge on any atom is -0.443 e. The molecule has 0 amide bonds. The van der Waals surface area contributed by atoms with Gasteiger partial charge in [-0.2, -0.15) is 0 Å². The Morgan fingerprint density at radius 1 is 1.31 bits per heavy atom. The average molecular weight is 289 g/mol. The lowest BCUT2D eigenvalue weighted by molar-refractivity contribution is 0.541. The van der Waals surface area contributed by atoms with Gasteiger partial charge in [0.2, 0.25) is 0 Å². The van der Waals surface area contributed by atoms with Crippen LogP contribution >= 0.6 is 15.9 Å². The first-order valence-electron chi connectivity index (χ1n) is 4.41. The summed E-state index contributed by atoms with van der Waals surface area (Å²) in [7, 11) is 0. The molecule has 2 rings (SSSR count). The van der Waals surface area contributed by atoms with Gasteiger partial charge < -0.3 is 10.2 Å². The van der Waals surface area contributed by atoms with E-state index >= 15 is 0 Å². The number of nitrogens with two attached hydrogens (primary N) is 1. The van der Waals surface area contributed by atoms with Crippen molar-refractivity contribution in [3.05, 3.63) is 40.3 Å². The largest absolute Gasteiger partial charge is 0.443 e. The molecule has 6 heteroatoms. The van der Waals surface area contributed by atoms with Gasteiger partial charge in [0.1, 0.15) is 17.3 Å². The van der Waals surface area contributed by atoms with Crippen LogP contribution < -0.4 is 5.73 Å². The maximum atomic E-state index is 13.6. The number of hydrogen-bond donors (Lipinski definition) is 1. The number of rotatable bonds is 2. The summed E-state index contributed by atoms with van der Waals surface area (Å²) in [6, 6.07) is 2.31. The standard InChI is InChI=1S/C10H7BrF2N2O/c11-5-1-6(12)9(7(13)2-5)10-8(3-14)15-4-16-10/h1-2,4H,3,14H2. The summed E-state index contributed by atoms with van der Waals surface area (Å²) in [5.41, 5.74) is 5.46. The van der Waals surface area contributed by atoms with Crippen LogP contribution in [0.1, 0.15) is 5.69 Å². The van der Waals surface area contributed by atoms with Crippen LogP contribution in [0.4, 0.5) is 8.78 Å². The Labute approximate surface area is 98.4 Å². The lowest BCUT2D eigenvalue weighted by Crippen LogP contribution is -2.00. The number of oxazole rings is 1. The molecule has 1 heterocycles. The van der Waals surface area contributed by atoms with Gasteiger partial charge in [-0.1, -0.05) is 15.9 Å². The van der Waals surface area contributed by atoms with Crippen molar-refractivity contribution in [2.24, 2.45) is 5.73 Å². The molecule has 2 N–H and O–H groups in total. The van der Waals surface area contributed by atoms with Crippen molar-refractivity contribution in [3.8, 4) is 11.3 Å². The Balaban J connectivity index is 2.64. The molecule has 0 radical (unpaired) electrons. The summed E-state index contributed by atoms with van der Waals surface area (Å²) < 4.78 is 32.5. The molecule has 0 aliphatic rings. The fraction of sp³-hybridized carbons (Fsp3) is 0.100. The molecular weight excluding hydrogens is 282 g/mol. The molecule has 3 nitrogen and oxygen atoms in total. The highest BCUT2D eigenvalue weighted by molar-refractivity contribution is 9.10. The predicted molar refractivity (Wildman–Crippen MR) is 57.4 cm³/mol. The van der Waals surface area contributed by atoms with Crippen molar-refractivity contribution in [1.82, 2.24) is 4.98 Å². The first-order valence-corrected chi connectivity index (χ1v) is 5.20. The molecule has 0 saturated heterocycles. The molecule has 0 spiro atoms. The zero-order valence-electron chi connectivity index (χ0n) is 8.01. The van der Waals surface area contributed by atoms with Crippen LogP contribution in [-0.4, -0.2) is 4.98 Å². The van der Waals surface area contributed by atoms with Gasteiger partial charge in [-0.3, -0.25) is 0 Å². The lowest BCUT2D eigenvalue weighted by Gasteiger charge is -2.03. The minimum atomic E-state index is -0.724. The summed E-state index contributed by atoms with van der Waals surface area (Å²) in [6.45, 7) is 0.0563. The van der Waals surface area contributed by atoms with Crippen LogP contribution in [0.5, 0.6) is 0 Å². The van der Waals surface area contributed by atoms with Gasteiger partial charge in [-0.25, -0.2) is 13.8 Å². The first kappa shape index (κ1) is 11.2. The molecule has 0 fully saturated rings. The molecule has 1 aromatic carbocycles. The molecular formula is C10H7BrF2N2O. The number of halogens is 3. The highest BCUT2D eigenvalue weighted by Crippen LogP contribution is 2.30. The second-order valence-corrected chi connectivity index (χ2v) is 3.99. The maximum Gasteiger partial charge on any atom is 0.181 e. The number of hydrogen-bond acceptors (Lipinski definition) is 3. The van der Waals surface area contributed by atoms with Crippen LogP contribution in [0.15, 0.2) is 27.4 Å². The quantitative estimate of drug-likeness (QED) is 0.924. The highest BCUT2D eigenvalue weighted by Gasteiger charge is 2.19. The molecule has 0 bridgehead atoms. The van der Waals surface area contributed by atoms with E-state index in [9.17, 15) is 8.78 Å². The monoisotopic (exact) mass is 288 g/mol. The van der Waals surface area contributed by atoms with Gasteiger partial charge in [0.15, 0.2) is 12.2 Å². The van der Waals surface area contributed by atoms with Gasteiger partial charge in [0, 0.05) is 11.0 Å². The average Bonchev–Trinajstić information content (AvgIpc) is 2.64. The third-order valence-electron chi connectivity index (χ3n) is 2.07. The summed E-state index contributed by atoms with van der Waals surface area (Å²) in [5.74, 6) is -1.42. The molecule has 0 aliphatic heterocycles. The van der Waals surface area contributed by atoms with Crippen molar-refractivity contribution in [1.29, 1.82) is 0 Å². The van der Waals surface area contributed by atoms with Crippen molar-refractivity contribution in [3.63, 3.8) is 0 Å². The van der Waals surface area contributed by atoms with Crippen LogP contribution in [0, 0.1) is 11.6 Å². The van der Waals surface area contributed by atoms with E-state index in [0.29, 0.717) is 10.2 Å². The van der Waals surface area contributed by atoms with Crippen LogP contribution in [0.3, 0.4) is 0 Å². The van der Waals surface area contributed by atoms with Crippen molar-refractivity contribution in [2.45, 2.75) is 6.54 Å². The van der Waals surface area contributed by atoms with E-state index in [4.69, 9.17) is 10.2 Å². The van der Waals surface area contributed by atoms with Crippen LogP contribution in [0.2, 0.25) is 0 Å². The van der Waals surface area contributed by atoms with Gasteiger partial charge in [0.25, 0.3) is 0 Å². The Morgan fingerprint density at radius 2 is 1.94 bits per heavy atom. The summed E-state index contributed by atoms with van der Waals surface area (Å²) >= 11 is 3.00. The minimum absolute atomic E-state index is 0.0324. The topological polar surface area (TPSA) is 52.0 Å². The van der Waals surface area contributed by atoms with E-state index in [0.717, 1.165) is 18.5 Å². The third kappa shape index (κ3) is 1.85. The van der Waals surface area contributed by atoms with E-state index in [1.165, 1.54) is 0 Å². The van der Waals surface area contributed by atoms with Gasteiger partial charge >= 0.3 is 0 Å². The second-order valence-electron chi connectivity index (χ2n) is 3.08. The number of nitrogens with zero attached hydrogens (tertiary/aromatic N) is 1. The molecule has 2 aromatic rings. The molecule has 84 valence electrons. The summed E-state index contributed by atoms with van der Waals surface area (Å²) in [5, 5.41) is 0. The Kier molecular flexibility index (Phi) is 3.02. The number of aromatic nitrogens is 1. The SMILES string of the molecule is NCc1ncoc1-c1c(F)cc(Br)cc1F. The van der Waals surface area contributed by atoms with Crippen molar-refractivity contribution in [2.75, 3.05) is 0 Å². The molecule has 1 aromatic heterocycles. The van der Waals surface area contributed by atoms with Gasteiger partial charge in [-0.05, 0) is 12.1 Å². The smallest absolute Gasteiger partial charge is 0.181 e. The van der Waals surface area contributed by atoms with Gasteiger partial charge in [-0.15, -0.1) is 0 Å². The normalized spacial score (nSPS) is 10.8. The van der Waals surface area contributed by atoms with E-state index in [1.54, 1.807) is 0 Å². The van der Waals surface area contributed by atoms with E-state index < -0.39 is 11.6 Å². The first-order chi connectivity index (χ1) is 7.63. The molecule has 0 saturated carbocycles. The molecule has 0 unspecified atom stereocenters. The number of benzene rings is 1. The summed E-state index contributed by atoms with van der Waals surface area (Å²) in [6.07, 6.45) is 1.11. The van der Waals surface area contributed by atoms with E-state index in [-0.39, 0.29) is 17.9 Å². The van der Waals surface area contributed by atoms with E-state index in [2.05, 4.69) is 20.9 Å². The predicted octanol–water partition coefficient (Wildman–Crippen LogP) is 2.84. The summed E-state index contributed by atoms with van der Waals surface area (Å²) in [4.78, 5) is 3.78. The fourth-order valence-electron chi connectivity index (χ4n) is 1.38. The van der Waals surface area contributed by atoms with Crippen LogP contribution in [0.25, 0.3) is 11.3 Å². The van der Waals surface area contributed by atoms with E-state index in [1.807, 2.05) is 0 Å². The fourth-order valence-corrected chi connectivity index (χ4v) is 1.78. The Hall–Kier alpha value is -1.27. The zero-order valence-corrected chi connectivity index (χ0v) is 9.59. The second kappa shape index (κ2) is 4.31. The molecule has 0 aliphatic carbocycles. The zero-order chi connectivity index (χ0) is 11.7. The van der Waals surface area contributed by atoms with Crippen LogP contribution in [-0.2, 0) is 6.54 Å². The van der Waals surface area contributed by atoms with Gasteiger partial charge in [0.05, 0.1) is 5.56 Å². The molecule has 16 heavy (non-hydrogen) atoms. The Morgan fingerprint density at radius 3 is 2.50 bits per heavy atom. The maximum absolute atomic E-state index is 13.6. The Bertz CT molecular complexity index is 504. The molecule has 0 atom stereocenters. The van der Waals surface area contributed by atoms with Crippen molar-refractivity contribution >= 4 is 15.9 Å².